The fraction of sp³-hybridized carbons (Fsp3) is 0.364. The number of methoxy groups -OCH3 is 3. The Morgan fingerprint density at radius 3 is 2.21 bits per heavy atom. The van der Waals surface area contributed by atoms with E-state index in [1.165, 1.54) is 21.3 Å². The summed E-state index contributed by atoms with van der Waals surface area (Å²) >= 11 is 0. The van der Waals surface area contributed by atoms with Crippen molar-refractivity contribution in [1.82, 2.24) is 0 Å². The molecule has 0 heterocycles. The molecule has 0 aromatic heterocycles. The summed E-state index contributed by atoms with van der Waals surface area (Å²) in [6.07, 6.45) is -0.384. The molecule has 0 aliphatic rings. The molecule has 0 radical (unpaired) electrons. The SMILES string of the molecule is COc1cc(CCC(=O)OC(C)C(=O)Nc2cccc(C)c2)cc(OC)c1OC. The second-order valence-corrected chi connectivity index (χ2v) is 6.52. The molecule has 2 rings (SSSR count). The Bertz CT molecular complexity index is 839. The van der Waals surface area contributed by atoms with E-state index in [2.05, 4.69) is 5.32 Å². The lowest BCUT2D eigenvalue weighted by atomic mass is 10.1. The molecule has 0 spiro atoms. The summed E-state index contributed by atoms with van der Waals surface area (Å²) in [7, 11) is 4.59. The van der Waals surface area contributed by atoms with Crippen molar-refractivity contribution in [3.05, 3.63) is 47.5 Å². The maximum Gasteiger partial charge on any atom is 0.306 e. The lowest BCUT2D eigenvalue weighted by Gasteiger charge is -2.15. The lowest BCUT2D eigenvalue weighted by molar-refractivity contribution is -0.153. The fourth-order valence-corrected chi connectivity index (χ4v) is 2.80. The highest BCUT2D eigenvalue weighted by atomic mass is 16.5. The van der Waals surface area contributed by atoms with Gasteiger partial charge in [0, 0.05) is 12.1 Å². The van der Waals surface area contributed by atoms with Gasteiger partial charge in [0.05, 0.1) is 21.3 Å². The average Bonchev–Trinajstić information content (AvgIpc) is 2.71. The quantitative estimate of drug-likeness (QED) is 0.648. The fourth-order valence-electron chi connectivity index (χ4n) is 2.80. The number of amides is 1. The number of rotatable bonds is 9. The highest BCUT2D eigenvalue weighted by Crippen LogP contribution is 2.38. The molecule has 1 atom stereocenters. The van der Waals surface area contributed by atoms with E-state index in [9.17, 15) is 9.59 Å². The molecule has 0 saturated heterocycles. The average molecular weight is 401 g/mol. The first-order valence-corrected chi connectivity index (χ1v) is 9.23. The summed E-state index contributed by atoms with van der Waals surface area (Å²) in [6, 6.07) is 11.0. The van der Waals surface area contributed by atoms with Gasteiger partial charge in [0.2, 0.25) is 5.75 Å². The highest BCUT2D eigenvalue weighted by Gasteiger charge is 2.19. The van der Waals surface area contributed by atoms with Gasteiger partial charge >= 0.3 is 5.97 Å². The van der Waals surface area contributed by atoms with Crippen LogP contribution in [0.4, 0.5) is 5.69 Å². The van der Waals surface area contributed by atoms with Crippen LogP contribution in [-0.4, -0.2) is 39.3 Å². The number of hydrogen-bond acceptors (Lipinski definition) is 6. The molecule has 1 N–H and O–H groups in total. The molecule has 2 aromatic rings. The normalized spacial score (nSPS) is 11.3. The Hall–Kier alpha value is -3.22. The predicted octanol–water partition coefficient (Wildman–Crippen LogP) is 3.52. The molecular weight excluding hydrogens is 374 g/mol. The number of carbonyl (C=O) groups is 2. The van der Waals surface area contributed by atoms with Crippen LogP contribution in [0.2, 0.25) is 0 Å². The molecule has 7 heteroatoms. The Morgan fingerprint density at radius 1 is 1.00 bits per heavy atom. The lowest BCUT2D eigenvalue weighted by Crippen LogP contribution is -2.30. The molecule has 1 amide bonds. The molecule has 0 fully saturated rings. The molecular formula is C22H27NO6. The number of hydrogen-bond donors (Lipinski definition) is 1. The smallest absolute Gasteiger partial charge is 0.306 e. The van der Waals surface area contributed by atoms with Gasteiger partial charge in [-0.3, -0.25) is 9.59 Å². The monoisotopic (exact) mass is 401 g/mol. The van der Waals surface area contributed by atoms with E-state index in [0.717, 1.165) is 11.1 Å². The molecule has 156 valence electrons. The first kappa shape index (κ1) is 22.1. The molecule has 2 aromatic carbocycles. The van der Waals surface area contributed by atoms with Crippen LogP contribution in [-0.2, 0) is 20.7 Å². The zero-order valence-electron chi connectivity index (χ0n) is 17.4. The zero-order valence-corrected chi connectivity index (χ0v) is 17.4. The molecule has 0 bridgehead atoms. The molecule has 0 aliphatic heterocycles. The van der Waals surface area contributed by atoms with Gasteiger partial charge in [-0.15, -0.1) is 0 Å². The van der Waals surface area contributed by atoms with E-state index in [1.807, 2.05) is 25.1 Å². The van der Waals surface area contributed by atoms with E-state index in [1.54, 1.807) is 25.1 Å². The maximum atomic E-state index is 12.2. The van der Waals surface area contributed by atoms with Gasteiger partial charge in [0.1, 0.15) is 0 Å². The first-order chi connectivity index (χ1) is 13.9. The highest BCUT2D eigenvalue weighted by molar-refractivity contribution is 5.95. The van der Waals surface area contributed by atoms with Gasteiger partial charge in [0.25, 0.3) is 5.91 Å². The van der Waals surface area contributed by atoms with Crippen LogP contribution in [0.1, 0.15) is 24.5 Å². The van der Waals surface area contributed by atoms with Crippen LogP contribution in [0.15, 0.2) is 36.4 Å². The number of esters is 1. The van der Waals surface area contributed by atoms with Crippen molar-refractivity contribution in [3.63, 3.8) is 0 Å². The van der Waals surface area contributed by atoms with Crippen molar-refractivity contribution >= 4 is 17.6 Å². The van der Waals surface area contributed by atoms with Crippen LogP contribution in [0.5, 0.6) is 17.2 Å². The van der Waals surface area contributed by atoms with Crippen LogP contribution < -0.4 is 19.5 Å². The number of ether oxygens (including phenoxy) is 4. The summed E-state index contributed by atoms with van der Waals surface area (Å²) in [5, 5.41) is 2.74. The molecule has 7 nitrogen and oxygen atoms in total. The summed E-state index contributed by atoms with van der Waals surface area (Å²) in [5.74, 6) is 0.674. The van der Waals surface area contributed by atoms with Crippen LogP contribution in [0, 0.1) is 6.92 Å². The van der Waals surface area contributed by atoms with Crippen molar-refractivity contribution in [2.75, 3.05) is 26.6 Å². The maximum absolute atomic E-state index is 12.2. The largest absolute Gasteiger partial charge is 0.493 e. The summed E-state index contributed by atoms with van der Waals surface area (Å²) in [6.45, 7) is 3.48. The minimum absolute atomic E-state index is 0.112. The van der Waals surface area contributed by atoms with Crippen LogP contribution >= 0.6 is 0 Å². The Kier molecular flexibility index (Phi) is 7.88. The van der Waals surface area contributed by atoms with E-state index < -0.39 is 12.1 Å². The Balaban J connectivity index is 1.93. The van der Waals surface area contributed by atoms with Crippen molar-refractivity contribution in [1.29, 1.82) is 0 Å². The van der Waals surface area contributed by atoms with Gasteiger partial charge in [-0.1, -0.05) is 12.1 Å². The summed E-state index contributed by atoms with van der Waals surface area (Å²) in [4.78, 5) is 24.4. The van der Waals surface area contributed by atoms with E-state index in [4.69, 9.17) is 18.9 Å². The van der Waals surface area contributed by atoms with E-state index >= 15 is 0 Å². The minimum atomic E-state index is -0.900. The van der Waals surface area contributed by atoms with E-state index in [0.29, 0.717) is 29.4 Å². The predicted molar refractivity (Wildman–Crippen MR) is 110 cm³/mol. The van der Waals surface area contributed by atoms with Gasteiger partial charge in [-0.2, -0.15) is 0 Å². The molecule has 29 heavy (non-hydrogen) atoms. The number of anilines is 1. The van der Waals surface area contributed by atoms with Gasteiger partial charge in [-0.25, -0.2) is 0 Å². The van der Waals surface area contributed by atoms with Gasteiger partial charge < -0.3 is 24.3 Å². The third-order valence-electron chi connectivity index (χ3n) is 4.31. The van der Waals surface area contributed by atoms with Crippen molar-refractivity contribution in [3.8, 4) is 17.2 Å². The molecule has 0 saturated carbocycles. The van der Waals surface area contributed by atoms with Crippen LogP contribution in [0.25, 0.3) is 0 Å². The second kappa shape index (κ2) is 10.4. The van der Waals surface area contributed by atoms with E-state index in [-0.39, 0.29) is 12.3 Å². The minimum Gasteiger partial charge on any atom is -0.493 e. The van der Waals surface area contributed by atoms with Gasteiger partial charge in [-0.05, 0) is 55.7 Å². The molecule has 1 unspecified atom stereocenters. The third-order valence-corrected chi connectivity index (χ3v) is 4.31. The first-order valence-electron chi connectivity index (χ1n) is 9.23. The van der Waals surface area contributed by atoms with Crippen molar-refractivity contribution < 1.29 is 28.5 Å². The number of benzene rings is 2. The topological polar surface area (TPSA) is 83.1 Å². The Morgan fingerprint density at radius 2 is 1.66 bits per heavy atom. The van der Waals surface area contributed by atoms with Gasteiger partial charge in [0.15, 0.2) is 17.6 Å². The summed E-state index contributed by atoms with van der Waals surface area (Å²) in [5.41, 5.74) is 2.52. The number of carbonyl (C=O) groups excluding carboxylic acids is 2. The van der Waals surface area contributed by atoms with Crippen molar-refractivity contribution in [2.45, 2.75) is 32.8 Å². The summed E-state index contributed by atoms with van der Waals surface area (Å²) < 4.78 is 21.2. The number of nitrogens with one attached hydrogen (secondary N) is 1. The zero-order chi connectivity index (χ0) is 21.4. The molecule has 0 aliphatic carbocycles. The third kappa shape index (κ3) is 6.14. The second-order valence-electron chi connectivity index (χ2n) is 6.52. The van der Waals surface area contributed by atoms with Crippen LogP contribution in [0.3, 0.4) is 0 Å². The Labute approximate surface area is 170 Å². The number of aryl methyl sites for hydroxylation is 2. The standard InChI is InChI=1S/C22H27NO6/c1-14-7-6-8-17(11-14)23-22(25)15(2)29-20(24)10-9-16-12-18(26-3)21(28-5)19(13-16)27-4/h6-8,11-13,15H,9-10H2,1-5H3,(H,23,25). The van der Waals surface area contributed by atoms with Crippen molar-refractivity contribution in [2.24, 2.45) is 0 Å².